The van der Waals surface area contributed by atoms with E-state index in [0.717, 1.165) is 38.5 Å². The van der Waals surface area contributed by atoms with E-state index in [-0.39, 0.29) is 29.3 Å². The van der Waals surface area contributed by atoms with Crippen molar-refractivity contribution < 1.29 is 19.1 Å². The third-order valence-corrected chi connectivity index (χ3v) is 12.2. The van der Waals surface area contributed by atoms with Gasteiger partial charge >= 0.3 is 5.97 Å². The minimum atomic E-state index is -0.834. The molecule has 1 aromatic heterocycles. The van der Waals surface area contributed by atoms with Crippen LogP contribution >= 0.6 is 0 Å². The van der Waals surface area contributed by atoms with Gasteiger partial charge in [-0.05, 0) is 91.6 Å². The molecule has 0 aromatic carbocycles. The van der Waals surface area contributed by atoms with Crippen LogP contribution in [0, 0.1) is 22.7 Å². The normalized spacial score (nSPS) is 34.2. The van der Waals surface area contributed by atoms with Gasteiger partial charge in [0.25, 0.3) is 0 Å². The average Bonchev–Trinajstić information content (AvgIpc) is 3.50. The highest BCUT2D eigenvalue weighted by Crippen LogP contribution is 2.72. The van der Waals surface area contributed by atoms with Crippen LogP contribution in [0.25, 0.3) is 0 Å². The summed E-state index contributed by atoms with van der Waals surface area (Å²) in [7, 11) is 0. The molecule has 0 aliphatic heterocycles. The number of hydrogen-bond donors (Lipinski definition) is 1. The fraction of sp³-hybridized carbons (Fsp3) is 0.861. The lowest BCUT2D eigenvalue weighted by molar-refractivity contribution is -0.154. The summed E-state index contributed by atoms with van der Waals surface area (Å²) < 4.78 is 11.6. The fourth-order valence-corrected chi connectivity index (χ4v) is 10.1. The van der Waals surface area contributed by atoms with E-state index in [2.05, 4.69) is 19.9 Å². The monoisotopic (exact) mass is 554 g/mol. The van der Waals surface area contributed by atoms with E-state index in [4.69, 9.17) is 9.15 Å². The van der Waals surface area contributed by atoms with Crippen LogP contribution in [0.3, 0.4) is 0 Å². The smallest absolute Gasteiger partial charge is 0.305 e. The maximum absolute atomic E-state index is 12.6. The van der Waals surface area contributed by atoms with E-state index >= 15 is 0 Å². The van der Waals surface area contributed by atoms with Crippen LogP contribution in [0.1, 0.15) is 166 Å². The molecule has 6 unspecified atom stereocenters. The van der Waals surface area contributed by atoms with Crippen molar-refractivity contribution >= 4 is 5.97 Å². The average molecular weight is 555 g/mol. The van der Waals surface area contributed by atoms with Crippen molar-refractivity contribution in [1.82, 2.24) is 0 Å². The molecule has 1 N–H and O–H groups in total. The zero-order valence-corrected chi connectivity index (χ0v) is 25.8. The van der Waals surface area contributed by atoms with E-state index in [1.54, 1.807) is 0 Å². The zero-order chi connectivity index (χ0) is 28.1. The minimum Gasteiger partial charge on any atom is -0.469 e. The number of carbonyl (C=O) groups is 1. The molecular weight excluding hydrogens is 496 g/mol. The van der Waals surface area contributed by atoms with Gasteiger partial charge < -0.3 is 14.3 Å². The van der Waals surface area contributed by atoms with Gasteiger partial charge in [0.15, 0.2) is 0 Å². The van der Waals surface area contributed by atoms with Crippen LogP contribution in [0.5, 0.6) is 0 Å². The Morgan fingerprint density at radius 1 is 0.950 bits per heavy atom. The number of unbranched alkanes of at least 4 members (excludes halogenated alkanes) is 12. The molecule has 1 heterocycles. The Bertz CT molecular complexity index is 952. The molecule has 1 aromatic rings. The van der Waals surface area contributed by atoms with Crippen molar-refractivity contribution in [3.05, 3.63) is 23.7 Å². The Balaban J connectivity index is 0.991. The summed E-state index contributed by atoms with van der Waals surface area (Å²) >= 11 is 0. The number of aliphatic hydroxyl groups is 1. The van der Waals surface area contributed by atoms with Crippen LogP contribution < -0.4 is 0 Å². The summed E-state index contributed by atoms with van der Waals surface area (Å²) in [6, 6.07) is 2.22. The number of rotatable bonds is 16. The number of fused-ring (bicyclic) bond motifs is 5. The lowest BCUT2D eigenvalue weighted by Crippen LogP contribution is -2.51. The molecule has 0 radical (unpaired) electrons. The molecule has 40 heavy (non-hydrogen) atoms. The highest BCUT2D eigenvalue weighted by Gasteiger charge is 2.66. The summed E-state index contributed by atoms with van der Waals surface area (Å²) in [5.74, 6) is 2.62. The molecule has 6 atom stereocenters. The molecule has 1 spiro atoms. The van der Waals surface area contributed by atoms with Crippen LogP contribution in [-0.4, -0.2) is 23.3 Å². The van der Waals surface area contributed by atoms with Crippen molar-refractivity contribution in [1.29, 1.82) is 0 Å². The van der Waals surface area contributed by atoms with Crippen LogP contribution in [0.2, 0.25) is 0 Å². The molecule has 0 amide bonds. The van der Waals surface area contributed by atoms with E-state index in [1.165, 1.54) is 108 Å². The highest BCUT2D eigenvalue weighted by atomic mass is 16.5. The van der Waals surface area contributed by atoms with E-state index in [0.29, 0.717) is 18.3 Å². The van der Waals surface area contributed by atoms with E-state index < -0.39 is 5.60 Å². The van der Waals surface area contributed by atoms with Crippen LogP contribution in [0.4, 0.5) is 0 Å². The predicted octanol–water partition coefficient (Wildman–Crippen LogP) is 9.67. The molecule has 0 saturated heterocycles. The lowest BCUT2D eigenvalue weighted by Gasteiger charge is -2.59. The minimum absolute atomic E-state index is 0.109. The van der Waals surface area contributed by atoms with Gasteiger partial charge in [0.05, 0.1) is 6.26 Å². The molecular formula is C36H58O4. The maximum Gasteiger partial charge on any atom is 0.305 e. The number of hydrogen-bond acceptors (Lipinski definition) is 4. The maximum atomic E-state index is 12.6. The number of furan rings is 1. The second-order valence-corrected chi connectivity index (χ2v) is 14.7. The van der Waals surface area contributed by atoms with Gasteiger partial charge in [-0.2, -0.15) is 0 Å². The van der Waals surface area contributed by atoms with Crippen LogP contribution in [-0.2, 0) is 16.0 Å². The lowest BCUT2D eigenvalue weighted by atomic mass is 9.45. The van der Waals surface area contributed by atoms with Crippen molar-refractivity contribution in [3.8, 4) is 0 Å². The second kappa shape index (κ2) is 13.3. The third kappa shape index (κ3) is 6.37. The largest absolute Gasteiger partial charge is 0.469 e. The van der Waals surface area contributed by atoms with E-state index in [1.807, 2.05) is 6.26 Å². The standard InChI is InChI=1S/C36H58O4/c1-3-4-5-6-7-8-9-10-11-12-13-14-15-16-33(37)40-27-36(38)26-35-23-19-30-29-21-24-39-31(29)20-22-34(30,2)32(35)18-17-28(36)25-35/h21,24,28,30,32,38H,3-20,22-23,25-27H2,1-2H3. The summed E-state index contributed by atoms with van der Waals surface area (Å²) in [5, 5.41) is 11.8. The quantitative estimate of drug-likeness (QED) is 0.163. The summed E-state index contributed by atoms with van der Waals surface area (Å²) in [6.07, 6.45) is 28.2. The van der Waals surface area contributed by atoms with Gasteiger partial charge in [-0.1, -0.05) is 90.9 Å². The van der Waals surface area contributed by atoms with Crippen LogP contribution in [0.15, 0.2) is 16.7 Å². The Hall–Kier alpha value is -1.29. The third-order valence-electron chi connectivity index (χ3n) is 12.2. The number of ether oxygens (including phenoxy) is 1. The fourth-order valence-electron chi connectivity index (χ4n) is 10.1. The topological polar surface area (TPSA) is 59.7 Å². The summed E-state index contributed by atoms with van der Waals surface area (Å²) in [5.41, 5.74) is 1.13. The Morgan fingerprint density at radius 3 is 2.33 bits per heavy atom. The van der Waals surface area contributed by atoms with Gasteiger partial charge in [-0.15, -0.1) is 0 Å². The van der Waals surface area contributed by atoms with Crippen molar-refractivity contribution in [2.45, 2.75) is 167 Å². The molecule has 3 fully saturated rings. The Morgan fingerprint density at radius 2 is 1.62 bits per heavy atom. The Kier molecular flexibility index (Phi) is 10.1. The molecule has 4 aliphatic rings. The first-order valence-corrected chi connectivity index (χ1v) is 17.3. The Labute approximate surface area is 244 Å². The SMILES string of the molecule is CCCCCCCCCCCCCCCC(=O)OCC1(O)CC23CCC4c5ccoc5CCC4(C)C2CCC1C3. The molecule has 4 aliphatic carbocycles. The van der Waals surface area contributed by atoms with Crippen molar-refractivity contribution in [2.75, 3.05) is 6.61 Å². The first-order valence-electron chi connectivity index (χ1n) is 17.3. The number of esters is 1. The second-order valence-electron chi connectivity index (χ2n) is 14.7. The summed E-state index contributed by atoms with van der Waals surface area (Å²) in [4.78, 5) is 12.6. The molecule has 4 heteroatoms. The van der Waals surface area contributed by atoms with Gasteiger partial charge in [-0.3, -0.25) is 4.79 Å². The predicted molar refractivity (Wildman–Crippen MR) is 161 cm³/mol. The van der Waals surface area contributed by atoms with Gasteiger partial charge in [-0.25, -0.2) is 0 Å². The molecule has 5 rings (SSSR count). The van der Waals surface area contributed by atoms with E-state index in [9.17, 15) is 9.90 Å². The number of aryl methyl sites for hydroxylation is 1. The van der Waals surface area contributed by atoms with Gasteiger partial charge in [0.1, 0.15) is 18.0 Å². The number of carbonyl (C=O) groups excluding carboxylic acids is 1. The first-order chi connectivity index (χ1) is 19.4. The molecule has 3 saturated carbocycles. The van der Waals surface area contributed by atoms with Gasteiger partial charge in [0.2, 0.25) is 0 Å². The first kappa shape index (κ1) is 30.2. The van der Waals surface area contributed by atoms with Crippen molar-refractivity contribution in [3.63, 3.8) is 0 Å². The van der Waals surface area contributed by atoms with Gasteiger partial charge in [0, 0.05) is 12.8 Å². The molecule has 226 valence electrons. The zero-order valence-electron chi connectivity index (χ0n) is 25.8. The molecule has 2 bridgehead atoms. The summed E-state index contributed by atoms with van der Waals surface area (Å²) in [6.45, 7) is 5.02. The highest BCUT2D eigenvalue weighted by molar-refractivity contribution is 5.69. The van der Waals surface area contributed by atoms with Crippen molar-refractivity contribution in [2.24, 2.45) is 22.7 Å². The molecule has 4 nitrogen and oxygen atoms in total.